The number of halogens is 2. The smallest absolute Gasteiger partial charge is 0.181 e. The Hall–Kier alpha value is -2.30. The summed E-state index contributed by atoms with van der Waals surface area (Å²) in [6.07, 6.45) is 0. The summed E-state index contributed by atoms with van der Waals surface area (Å²) in [6, 6.07) is 8.35. The highest BCUT2D eigenvalue weighted by Crippen LogP contribution is 2.31. The van der Waals surface area contributed by atoms with Gasteiger partial charge in [0.15, 0.2) is 11.6 Å². The third kappa shape index (κ3) is 2.82. The predicted molar refractivity (Wildman–Crippen MR) is 73.1 cm³/mol. The van der Waals surface area contributed by atoms with E-state index in [0.717, 1.165) is 6.07 Å². The number of nitrogens with one attached hydrogen (secondary N) is 1. The number of anilines is 1. The van der Waals surface area contributed by atoms with Gasteiger partial charge < -0.3 is 15.2 Å². The van der Waals surface area contributed by atoms with Crippen LogP contribution in [0.25, 0.3) is 0 Å². The van der Waals surface area contributed by atoms with Gasteiger partial charge in [-0.1, -0.05) is 6.07 Å². The first kappa shape index (κ1) is 14.1. The topological polar surface area (TPSA) is 41.5 Å². The molecule has 0 spiro atoms. The lowest BCUT2D eigenvalue weighted by atomic mass is 10.1. The number of ether oxygens (including phenoxy) is 1. The minimum absolute atomic E-state index is 0.0289. The third-order valence-corrected chi connectivity index (χ3v) is 3.03. The van der Waals surface area contributed by atoms with E-state index < -0.39 is 17.7 Å². The lowest BCUT2D eigenvalue weighted by molar-refractivity contribution is 0.406. The van der Waals surface area contributed by atoms with Crippen molar-refractivity contribution in [3.05, 3.63) is 53.6 Å². The molecule has 1 atom stereocenters. The maximum atomic E-state index is 13.6. The molecular weight excluding hydrogens is 264 g/mol. The number of phenols is 1. The van der Waals surface area contributed by atoms with E-state index >= 15 is 0 Å². The van der Waals surface area contributed by atoms with Crippen LogP contribution >= 0.6 is 0 Å². The van der Waals surface area contributed by atoms with Crippen LogP contribution in [0.1, 0.15) is 18.5 Å². The van der Waals surface area contributed by atoms with Crippen LogP contribution in [-0.2, 0) is 0 Å². The summed E-state index contributed by atoms with van der Waals surface area (Å²) in [5.74, 6) is -1.30. The molecule has 0 fully saturated rings. The van der Waals surface area contributed by atoms with Crippen LogP contribution in [-0.4, -0.2) is 12.2 Å². The van der Waals surface area contributed by atoms with Crippen LogP contribution in [0, 0.1) is 11.6 Å². The number of hydrogen-bond donors (Lipinski definition) is 2. The molecule has 0 saturated carbocycles. The molecule has 0 amide bonds. The van der Waals surface area contributed by atoms with E-state index in [2.05, 4.69) is 5.32 Å². The van der Waals surface area contributed by atoms with Gasteiger partial charge in [-0.15, -0.1) is 0 Å². The van der Waals surface area contributed by atoms with Gasteiger partial charge in [0.05, 0.1) is 18.8 Å². The van der Waals surface area contributed by atoms with Crippen molar-refractivity contribution in [1.82, 2.24) is 0 Å². The van der Waals surface area contributed by atoms with Gasteiger partial charge in [0.25, 0.3) is 0 Å². The quantitative estimate of drug-likeness (QED) is 0.893. The lowest BCUT2D eigenvalue weighted by Gasteiger charge is -2.18. The first-order valence-electron chi connectivity index (χ1n) is 6.10. The predicted octanol–water partition coefficient (Wildman–Crippen LogP) is 3.85. The number of aromatic hydroxyl groups is 1. The van der Waals surface area contributed by atoms with E-state index in [-0.39, 0.29) is 11.4 Å². The summed E-state index contributed by atoms with van der Waals surface area (Å²) >= 11 is 0. The molecule has 0 aliphatic rings. The van der Waals surface area contributed by atoms with Crippen LogP contribution in [0.15, 0.2) is 36.4 Å². The molecule has 1 unspecified atom stereocenters. The van der Waals surface area contributed by atoms with E-state index in [4.69, 9.17) is 4.74 Å². The zero-order chi connectivity index (χ0) is 14.7. The number of methoxy groups -OCH3 is 1. The van der Waals surface area contributed by atoms with E-state index in [1.165, 1.54) is 25.3 Å². The minimum Gasteiger partial charge on any atom is -0.507 e. The second-order valence-corrected chi connectivity index (χ2v) is 4.39. The van der Waals surface area contributed by atoms with Gasteiger partial charge in [-0.2, -0.15) is 0 Å². The van der Waals surface area contributed by atoms with Crippen molar-refractivity contribution in [1.29, 1.82) is 0 Å². The van der Waals surface area contributed by atoms with Gasteiger partial charge in [-0.25, -0.2) is 8.78 Å². The zero-order valence-corrected chi connectivity index (χ0v) is 11.2. The summed E-state index contributed by atoms with van der Waals surface area (Å²) in [5, 5.41) is 12.7. The SMILES string of the molecule is COc1ccc(C(C)Nc2cccc(F)c2F)c(O)c1. The molecule has 0 bridgehead atoms. The Labute approximate surface area is 115 Å². The van der Waals surface area contributed by atoms with E-state index in [1.807, 2.05) is 0 Å². The Morgan fingerprint density at radius 2 is 1.95 bits per heavy atom. The molecule has 0 heterocycles. The molecule has 0 radical (unpaired) electrons. The fraction of sp³-hybridized carbons (Fsp3) is 0.200. The Morgan fingerprint density at radius 1 is 1.20 bits per heavy atom. The van der Waals surface area contributed by atoms with Crippen molar-refractivity contribution >= 4 is 5.69 Å². The molecule has 3 nitrogen and oxygen atoms in total. The highest BCUT2D eigenvalue weighted by atomic mass is 19.2. The van der Waals surface area contributed by atoms with Gasteiger partial charge in [0, 0.05) is 11.6 Å². The number of rotatable bonds is 4. The molecule has 0 aliphatic heterocycles. The van der Waals surface area contributed by atoms with Crippen LogP contribution in [0.3, 0.4) is 0 Å². The second-order valence-electron chi connectivity index (χ2n) is 4.39. The molecule has 2 aromatic carbocycles. The molecule has 0 saturated heterocycles. The first-order valence-corrected chi connectivity index (χ1v) is 6.10. The molecule has 2 aromatic rings. The number of phenolic OH excluding ortho intramolecular Hbond substituents is 1. The Balaban J connectivity index is 2.24. The average Bonchev–Trinajstić information content (AvgIpc) is 2.43. The van der Waals surface area contributed by atoms with Crippen molar-refractivity contribution in [3.8, 4) is 11.5 Å². The zero-order valence-electron chi connectivity index (χ0n) is 11.2. The summed E-state index contributed by atoms with van der Waals surface area (Å²) in [5.41, 5.74) is 0.613. The van der Waals surface area contributed by atoms with E-state index in [9.17, 15) is 13.9 Å². The van der Waals surface area contributed by atoms with Crippen molar-refractivity contribution in [2.75, 3.05) is 12.4 Å². The summed E-state index contributed by atoms with van der Waals surface area (Å²) in [4.78, 5) is 0. The fourth-order valence-corrected chi connectivity index (χ4v) is 1.94. The largest absolute Gasteiger partial charge is 0.507 e. The Morgan fingerprint density at radius 3 is 2.60 bits per heavy atom. The standard InChI is InChI=1S/C15H15F2NO2/c1-9(11-7-6-10(20-2)8-14(11)19)18-13-5-3-4-12(16)15(13)17/h3-9,18-19H,1-2H3. The second kappa shape index (κ2) is 5.77. The number of hydrogen-bond acceptors (Lipinski definition) is 3. The highest BCUT2D eigenvalue weighted by molar-refractivity contribution is 5.50. The number of benzene rings is 2. The van der Waals surface area contributed by atoms with Gasteiger partial charge in [0.1, 0.15) is 11.5 Å². The maximum absolute atomic E-state index is 13.6. The van der Waals surface area contributed by atoms with Crippen LogP contribution in [0.2, 0.25) is 0 Å². The molecule has 2 rings (SSSR count). The molecular formula is C15H15F2NO2. The van der Waals surface area contributed by atoms with E-state index in [1.54, 1.807) is 19.1 Å². The van der Waals surface area contributed by atoms with Crippen LogP contribution in [0.4, 0.5) is 14.5 Å². The maximum Gasteiger partial charge on any atom is 0.181 e. The van der Waals surface area contributed by atoms with Crippen molar-refractivity contribution in [3.63, 3.8) is 0 Å². The van der Waals surface area contributed by atoms with Crippen molar-refractivity contribution in [2.45, 2.75) is 13.0 Å². The average molecular weight is 279 g/mol. The molecule has 5 heteroatoms. The fourth-order valence-electron chi connectivity index (χ4n) is 1.94. The molecule has 2 N–H and O–H groups in total. The minimum atomic E-state index is -0.938. The normalized spacial score (nSPS) is 12.0. The third-order valence-electron chi connectivity index (χ3n) is 3.03. The lowest BCUT2D eigenvalue weighted by Crippen LogP contribution is -2.09. The van der Waals surface area contributed by atoms with Crippen LogP contribution in [0.5, 0.6) is 11.5 Å². The Kier molecular flexibility index (Phi) is 4.08. The highest BCUT2D eigenvalue weighted by Gasteiger charge is 2.14. The monoisotopic (exact) mass is 279 g/mol. The Bertz CT molecular complexity index is 617. The van der Waals surface area contributed by atoms with E-state index in [0.29, 0.717) is 11.3 Å². The summed E-state index contributed by atoms with van der Waals surface area (Å²) < 4.78 is 31.7. The summed E-state index contributed by atoms with van der Waals surface area (Å²) in [7, 11) is 1.50. The van der Waals surface area contributed by atoms with Gasteiger partial charge in [-0.05, 0) is 31.2 Å². The molecule has 20 heavy (non-hydrogen) atoms. The molecule has 0 aliphatic carbocycles. The van der Waals surface area contributed by atoms with Crippen LogP contribution < -0.4 is 10.1 Å². The van der Waals surface area contributed by atoms with Crippen molar-refractivity contribution in [2.24, 2.45) is 0 Å². The summed E-state index contributed by atoms with van der Waals surface area (Å²) in [6.45, 7) is 1.74. The molecule has 0 aromatic heterocycles. The van der Waals surface area contributed by atoms with Crippen molar-refractivity contribution < 1.29 is 18.6 Å². The van der Waals surface area contributed by atoms with Gasteiger partial charge in [-0.3, -0.25) is 0 Å². The first-order chi connectivity index (χ1) is 9.52. The van der Waals surface area contributed by atoms with Gasteiger partial charge in [0.2, 0.25) is 0 Å². The van der Waals surface area contributed by atoms with Gasteiger partial charge >= 0.3 is 0 Å². The molecule has 106 valence electrons.